The maximum Gasteiger partial charge on any atom is 0.321 e. The summed E-state index contributed by atoms with van der Waals surface area (Å²) < 4.78 is 5.76. The van der Waals surface area contributed by atoms with Crippen LogP contribution in [0, 0.1) is 0 Å². The molecular formula is C23H30ClN5O2. The van der Waals surface area contributed by atoms with Crippen LogP contribution >= 0.6 is 11.6 Å². The largest absolute Gasteiger partial charge is 0.492 e. The fourth-order valence-electron chi connectivity index (χ4n) is 3.38. The van der Waals surface area contributed by atoms with Crippen molar-refractivity contribution in [3.8, 4) is 5.75 Å². The van der Waals surface area contributed by atoms with Gasteiger partial charge in [0.15, 0.2) is 5.96 Å². The predicted molar refractivity (Wildman–Crippen MR) is 126 cm³/mol. The van der Waals surface area contributed by atoms with Crippen molar-refractivity contribution in [3.63, 3.8) is 0 Å². The topological polar surface area (TPSA) is 69.2 Å². The van der Waals surface area contributed by atoms with Gasteiger partial charge in [-0.25, -0.2) is 4.79 Å². The number of anilines is 1. The SMILES string of the molecule is CN=C(NCc1cccc(NC(=O)N2CCCC2)c1)N(C)CCOc1ccc(Cl)cc1. The van der Waals surface area contributed by atoms with E-state index in [-0.39, 0.29) is 6.03 Å². The first kappa shape index (κ1) is 22.7. The number of benzene rings is 2. The minimum atomic E-state index is -0.0289. The fraction of sp³-hybridized carbons (Fsp3) is 0.391. The smallest absolute Gasteiger partial charge is 0.321 e. The number of carbonyl (C=O) groups is 1. The van der Waals surface area contributed by atoms with Crippen LogP contribution in [0.4, 0.5) is 10.5 Å². The molecule has 3 rings (SSSR count). The Morgan fingerprint density at radius 1 is 1.19 bits per heavy atom. The number of carbonyl (C=O) groups excluding carboxylic acids is 1. The van der Waals surface area contributed by atoms with Gasteiger partial charge in [0.05, 0.1) is 6.54 Å². The number of guanidine groups is 1. The molecule has 31 heavy (non-hydrogen) atoms. The quantitative estimate of drug-likeness (QED) is 0.500. The number of amides is 2. The minimum Gasteiger partial charge on any atom is -0.492 e. The number of likely N-dealkylation sites (N-methyl/N-ethyl adjacent to an activating group) is 1. The summed E-state index contributed by atoms with van der Waals surface area (Å²) in [7, 11) is 3.72. The first-order valence-corrected chi connectivity index (χ1v) is 10.9. The van der Waals surface area contributed by atoms with Gasteiger partial charge in [0, 0.05) is 44.4 Å². The summed E-state index contributed by atoms with van der Waals surface area (Å²) in [5.74, 6) is 1.56. The van der Waals surface area contributed by atoms with Crippen LogP contribution in [0.2, 0.25) is 5.02 Å². The molecule has 0 aromatic heterocycles. The zero-order valence-electron chi connectivity index (χ0n) is 18.1. The van der Waals surface area contributed by atoms with E-state index in [0.717, 1.165) is 48.9 Å². The number of likely N-dealkylation sites (tertiary alicyclic amines) is 1. The second kappa shape index (κ2) is 11.5. The first-order chi connectivity index (χ1) is 15.0. The number of ether oxygens (including phenoxy) is 1. The summed E-state index contributed by atoms with van der Waals surface area (Å²) in [5, 5.41) is 7.04. The summed E-state index contributed by atoms with van der Waals surface area (Å²) >= 11 is 5.90. The number of urea groups is 1. The molecule has 0 atom stereocenters. The highest BCUT2D eigenvalue weighted by atomic mass is 35.5. The van der Waals surface area contributed by atoms with Crippen molar-refractivity contribution in [2.45, 2.75) is 19.4 Å². The van der Waals surface area contributed by atoms with E-state index in [0.29, 0.717) is 24.7 Å². The van der Waals surface area contributed by atoms with E-state index in [4.69, 9.17) is 16.3 Å². The van der Waals surface area contributed by atoms with Gasteiger partial charge in [0.1, 0.15) is 12.4 Å². The summed E-state index contributed by atoms with van der Waals surface area (Å²) in [4.78, 5) is 20.5. The van der Waals surface area contributed by atoms with E-state index < -0.39 is 0 Å². The van der Waals surface area contributed by atoms with Gasteiger partial charge in [0.25, 0.3) is 0 Å². The standard InChI is InChI=1S/C23H30ClN5O2/c1-25-22(28(2)14-15-31-21-10-8-19(24)9-11-21)26-17-18-6-5-7-20(16-18)27-23(30)29-12-3-4-13-29/h5-11,16H,3-4,12-15,17H2,1-2H3,(H,25,26)(H,27,30). The van der Waals surface area contributed by atoms with Gasteiger partial charge in [-0.2, -0.15) is 0 Å². The van der Waals surface area contributed by atoms with E-state index >= 15 is 0 Å². The van der Waals surface area contributed by atoms with Crippen LogP contribution in [0.15, 0.2) is 53.5 Å². The van der Waals surface area contributed by atoms with E-state index in [9.17, 15) is 4.79 Å². The van der Waals surface area contributed by atoms with Crippen molar-refractivity contribution in [1.29, 1.82) is 0 Å². The first-order valence-electron chi connectivity index (χ1n) is 10.5. The van der Waals surface area contributed by atoms with Crippen molar-refractivity contribution in [2.75, 3.05) is 45.7 Å². The monoisotopic (exact) mass is 443 g/mol. The second-order valence-corrected chi connectivity index (χ2v) is 7.89. The Bertz CT molecular complexity index is 882. The molecule has 7 nitrogen and oxygen atoms in total. The molecule has 0 spiro atoms. The van der Waals surface area contributed by atoms with Gasteiger partial charge in [-0.15, -0.1) is 0 Å². The van der Waals surface area contributed by atoms with Gasteiger partial charge in [-0.1, -0.05) is 23.7 Å². The number of nitrogens with zero attached hydrogens (tertiary/aromatic N) is 3. The van der Waals surface area contributed by atoms with Crippen molar-refractivity contribution in [3.05, 3.63) is 59.1 Å². The highest BCUT2D eigenvalue weighted by Gasteiger charge is 2.17. The molecule has 0 saturated carbocycles. The molecule has 166 valence electrons. The fourth-order valence-corrected chi connectivity index (χ4v) is 3.51. The molecule has 1 saturated heterocycles. The number of hydrogen-bond acceptors (Lipinski definition) is 3. The number of halogens is 1. The molecule has 0 aliphatic carbocycles. The van der Waals surface area contributed by atoms with E-state index in [1.807, 2.05) is 65.4 Å². The van der Waals surface area contributed by atoms with Crippen LogP contribution in [0.5, 0.6) is 5.75 Å². The Morgan fingerprint density at radius 3 is 2.65 bits per heavy atom. The molecule has 1 aliphatic rings. The molecule has 1 fully saturated rings. The molecule has 2 aromatic rings. The summed E-state index contributed by atoms with van der Waals surface area (Å²) in [6.45, 7) is 3.46. The van der Waals surface area contributed by atoms with E-state index in [1.165, 1.54) is 0 Å². The Kier molecular flexibility index (Phi) is 8.41. The molecule has 1 aliphatic heterocycles. The molecule has 1 heterocycles. The highest BCUT2D eigenvalue weighted by molar-refractivity contribution is 6.30. The summed E-state index contributed by atoms with van der Waals surface area (Å²) in [5.41, 5.74) is 1.86. The van der Waals surface area contributed by atoms with Crippen LogP contribution in [-0.2, 0) is 6.54 Å². The maximum absolute atomic E-state index is 12.3. The molecule has 0 radical (unpaired) electrons. The molecule has 8 heteroatoms. The van der Waals surface area contributed by atoms with Crippen molar-refractivity contribution in [2.24, 2.45) is 4.99 Å². The van der Waals surface area contributed by atoms with Gasteiger partial charge in [0.2, 0.25) is 0 Å². The maximum atomic E-state index is 12.3. The van der Waals surface area contributed by atoms with E-state index in [2.05, 4.69) is 15.6 Å². The van der Waals surface area contributed by atoms with Gasteiger partial charge in [-0.3, -0.25) is 4.99 Å². The predicted octanol–water partition coefficient (Wildman–Crippen LogP) is 4.05. The Hall–Kier alpha value is -2.93. The van der Waals surface area contributed by atoms with Crippen LogP contribution in [-0.4, -0.2) is 62.1 Å². The van der Waals surface area contributed by atoms with E-state index in [1.54, 1.807) is 7.05 Å². The lowest BCUT2D eigenvalue weighted by Crippen LogP contribution is -2.40. The number of nitrogens with one attached hydrogen (secondary N) is 2. The van der Waals surface area contributed by atoms with Gasteiger partial charge in [-0.05, 0) is 54.8 Å². The third kappa shape index (κ3) is 7.07. The van der Waals surface area contributed by atoms with Crippen LogP contribution in [0.1, 0.15) is 18.4 Å². The third-order valence-electron chi connectivity index (χ3n) is 5.10. The van der Waals surface area contributed by atoms with Crippen LogP contribution in [0.25, 0.3) is 0 Å². The number of hydrogen-bond donors (Lipinski definition) is 2. The zero-order chi connectivity index (χ0) is 22.1. The molecule has 2 aromatic carbocycles. The lowest BCUT2D eigenvalue weighted by Gasteiger charge is -2.22. The molecule has 2 N–H and O–H groups in total. The second-order valence-electron chi connectivity index (χ2n) is 7.45. The lowest BCUT2D eigenvalue weighted by atomic mass is 10.2. The molecule has 0 unspecified atom stereocenters. The average Bonchev–Trinajstić information content (AvgIpc) is 3.31. The zero-order valence-corrected chi connectivity index (χ0v) is 18.9. The molecular weight excluding hydrogens is 414 g/mol. The van der Waals surface area contributed by atoms with Crippen molar-refractivity contribution >= 4 is 29.3 Å². The Morgan fingerprint density at radius 2 is 1.94 bits per heavy atom. The van der Waals surface area contributed by atoms with Crippen LogP contribution in [0.3, 0.4) is 0 Å². The lowest BCUT2D eigenvalue weighted by molar-refractivity contribution is 0.222. The van der Waals surface area contributed by atoms with Gasteiger partial charge < -0.3 is 25.2 Å². The summed E-state index contributed by atoms with van der Waals surface area (Å²) in [6.07, 6.45) is 2.16. The molecule has 0 bridgehead atoms. The van der Waals surface area contributed by atoms with Gasteiger partial charge >= 0.3 is 6.03 Å². The van der Waals surface area contributed by atoms with Crippen molar-refractivity contribution < 1.29 is 9.53 Å². The number of rotatable bonds is 7. The molecule has 2 amide bonds. The minimum absolute atomic E-state index is 0.0289. The Labute approximate surface area is 189 Å². The van der Waals surface area contributed by atoms with Crippen LogP contribution < -0.4 is 15.4 Å². The van der Waals surface area contributed by atoms with Crippen molar-refractivity contribution in [1.82, 2.24) is 15.1 Å². The normalized spacial score (nSPS) is 13.8. The third-order valence-corrected chi connectivity index (χ3v) is 5.36. The Balaban J connectivity index is 1.45. The number of aliphatic imine (C=N–C) groups is 1. The summed E-state index contributed by atoms with van der Waals surface area (Å²) in [6, 6.07) is 15.2. The highest BCUT2D eigenvalue weighted by Crippen LogP contribution is 2.16. The average molecular weight is 444 g/mol.